The van der Waals surface area contributed by atoms with E-state index >= 15 is 0 Å². The average Bonchev–Trinajstić information content (AvgIpc) is 4.48. The highest BCUT2D eigenvalue weighted by atomic mass is 79.9. The van der Waals surface area contributed by atoms with Gasteiger partial charge in [0, 0.05) is 55.4 Å². The molecular formula is C68H57Br2N5O2. The Hall–Kier alpha value is -7.72. The van der Waals surface area contributed by atoms with E-state index in [4.69, 9.17) is 9.97 Å². The van der Waals surface area contributed by atoms with Crippen molar-refractivity contribution >= 4 is 80.4 Å². The number of amides is 2. The Morgan fingerprint density at radius 3 is 0.948 bits per heavy atom. The predicted octanol–water partition coefficient (Wildman–Crippen LogP) is 19.2. The molecule has 6 heterocycles. The first-order valence-corrected chi connectivity index (χ1v) is 28.1. The van der Waals surface area contributed by atoms with Crippen molar-refractivity contribution in [2.75, 3.05) is 4.90 Å². The molecule has 380 valence electrons. The summed E-state index contributed by atoms with van der Waals surface area (Å²) in [6.45, 7) is 17.7. The number of fused-ring (bicyclic) bond motifs is 12. The summed E-state index contributed by atoms with van der Waals surface area (Å²) in [5.41, 5.74) is 21.3. The highest BCUT2D eigenvalue weighted by Gasteiger charge is 2.40. The average molecular weight is 1140 g/mol. The summed E-state index contributed by atoms with van der Waals surface area (Å²) in [6.07, 6.45) is 0. The largest absolute Gasteiger partial charge is 0.354 e. The monoisotopic (exact) mass is 1130 g/mol. The van der Waals surface area contributed by atoms with Crippen LogP contribution in [-0.2, 0) is 0 Å². The van der Waals surface area contributed by atoms with Gasteiger partial charge >= 0.3 is 0 Å². The van der Waals surface area contributed by atoms with E-state index in [0.717, 1.165) is 98.1 Å². The normalized spacial score (nSPS) is 13.2. The van der Waals surface area contributed by atoms with Gasteiger partial charge in [0.15, 0.2) is 0 Å². The third-order valence-electron chi connectivity index (χ3n) is 15.5. The molecule has 0 atom stereocenters. The minimum absolute atomic E-state index is 0.312. The lowest BCUT2D eigenvalue weighted by Gasteiger charge is -2.13. The van der Waals surface area contributed by atoms with Crippen molar-refractivity contribution in [1.82, 2.24) is 19.9 Å². The van der Waals surface area contributed by atoms with Gasteiger partial charge in [-0.15, -0.1) is 0 Å². The lowest BCUT2D eigenvalue weighted by molar-refractivity contribution is 0.0926. The van der Waals surface area contributed by atoms with Crippen molar-refractivity contribution in [3.8, 4) is 67.0 Å². The predicted molar refractivity (Wildman–Crippen MR) is 326 cm³/mol. The van der Waals surface area contributed by atoms with Gasteiger partial charge in [0.05, 0.1) is 48.6 Å². The van der Waals surface area contributed by atoms with E-state index in [1.54, 1.807) is 12.1 Å². The lowest BCUT2D eigenvalue weighted by atomic mass is 9.91. The molecule has 3 aliphatic heterocycles. The molecule has 0 aliphatic carbocycles. The van der Waals surface area contributed by atoms with Crippen molar-refractivity contribution < 1.29 is 9.59 Å². The van der Waals surface area contributed by atoms with E-state index in [1.807, 2.05) is 30.3 Å². The van der Waals surface area contributed by atoms with Crippen LogP contribution in [-0.4, -0.2) is 31.8 Å². The number of nitrogens with zero attached hydrogens (tertiary/aromatic N) is 3. The lowest BCUT2D eigenvalue weighted by Crippen LogP contribution is -2.29. The van der Waals surface area contributed by atoms with Crippen LogP contribution in [0.1, 0.15) is 133 Å². The first-order valence-electron chi connectivity index (χ1n) is 26.5. The molecular weight excluding hydrogens is 1080 g/mol. The zero-order valence-corrected chi connectivity index (χ0v) is 47.5. The van der Waals surface area contributed by atoms with Crippen LogP contribution in [0.3, 0.4) is 0 Å². The Bertz CT molecular complexity index is 3830. The minimum Gasteiger partial charge on any atom is -0.354 e. The maximum absolute atomic E-state index is 14.7. The van der Waals surface area contributed by atoms with Crippen LogP contribution in [0, 0.1) is 0 Å². The summed E-state index contributed by atoms with van der Waals surface area (Å²) in [6, 6.07) is 56.6. The Morgan fingerprint density at radius 1 is 0.364 bits per heavy atom. The zero-order valence-electron chi connectivity index (χ0n) is 44.3. The molecule has 3 aliphatic rings. The van der Waals surface area contributed by atoms with Crippen molar-refractivity contribution in [3.05, 3.63) is 209 Å². The highest BCUT2D eigenvalue weighted by Crippen LogP contribution is 2.51. The molecule has 0 fully saturated rings. The van der Waals surface area contributed by atoms with E-state index in [9.17, 15) is 9.59 Å². The van der Waals surface area contributed by atoms with Crippen molar-refractivity contribution in [1.29, 1.82) is 0 Å². The van der Waals surface area contributed by atoms with Gasteiger partial charge in [-0.1, -0.05) is 171 Å². The summed E-state index contributed by atoms with van der Waals surface area (Å²) < 4.78 is 1.66. The number of carbonyl (C=O) groups is 2. The molecule has 0 radical (unpaired) electrons. The molecule has 77 heavy (non-hydrogen) atoms. The summed E-state index contributed by atoms with van der Waals surface area (Å²) in [4.78, 5) is 50.2. The second-order valence-electron chi connectivity index (χ2n) is 21.6. The SMILES string of the molecule is CC(C)c1ccc(-c2c3nc(c(-c4ccc(C(C)C)cc4)c4ccc([nH]4)c(-c4ccc(C(C)C)cc4)c4nc(c(-c5ccc(C(C)C)cc5)c5ccc2[nH]5)-c2cc5c(cc2-4)C(=O)N(c2ccccc2)C5=O)C(Br)=C3Br)cc1. The third-order valence-corrected chi connectivity index (χ3v) is 17.5. The molecule has 9 heteroatoms. The second kappa shape index (κ2) is 19.7. The number of aromatic nitrogens is 4. The van der Waals surface area contributed by atoms with E-state index in [0.29, 0.717) is 51.9 Å². The van der Waals surface area contributed by atoms with Gasteiger partial charge in [0.1, 0.15) is 0 Å². The quantitative estimate of drug-likeness (QED) is 0.141. The summed E-state index contributed by atoms with van der Waals surface area (Å²) >= 11 is 8.22. The molecule has 0 spiro atoms. The fourth-order valence-electron chi connectivity index (χ4n) is 11.0. The highest BCUT2D eigenvalue weighted by molar-refractivity contribution is 9.18. The molecule has 0 unspecified atom stereocenters. The van der Waals surface area contributed by atoms with Gasteiger partial charge in [-0.3, -0.25) is 9.59 Å². The Balaban J connectivity index is 1.28. The van der Waals surface area contributed by atoms with Crippen LogP contribution >= 0.6 is 31.9 Å². The van der Waals surface area contributed by atoms with Gasteiger partial charge in [-0.25, -0.2) is 14.9 Å². The number of imide groups is 1. The summed E-state index contributed by atoms with van der Waals surface area (Å²) in [5.74, 6) is 0.578. The molecule has 0 saturated carbocycles. The summed E-state index contributed by atoms with van der Waals surface area (Å²) in [7, 11) is 0. The number of halogens is 2. The minimum atomic E-state index is -0.372. The fraction of sp³-hybridized carbons (Fsp3) is 0.176. The molecule has 9 aromatic rings. The van der Waals surface area contributed by atoms with Gasteiger partial charge in [0.2, 0.25) is 0 Å². The van der Waals surface area contributed by atoms with Gasteiger partial charge in [-0.05, 0) is 149 Å². The number of para-hydroxylation sites is 1. The van der Waals surface area contributed by atoms with Crippen LogP contribution in [0.25, 0.3) is 98.1 Å². The molecule has 0 saturated heterocycles. The van der Waals surface area contributed by atoms with Crippen LogP contribution in [0.2, 0.25) is 0 Å². The van der Waals surface area contributed by atoms with E-state index in [1.165, 1.54) is 27.2 Å². The molecule has 3 aromatic heterocycles. The number of hydrogen-bond acceptors (Lipinski definition) is 4. The first-order chi connectivity index (χ1) is 37.1. The molecule has 2 amide bonds. The smallest absolute Gasteiger partial charge is 0.266 e. The topological polar surface area (TPSA) is 94.7 Å². The van der Waals surface area contributed by atoms with E-state index < -0.39 is 0 Å². The molecule has 7 nitrogen and oxygen atoms in total. The Kier molecular flexibility index (Phi) is 12.8. The first kappa shape index (κ1) is 50.1. The number of carbonyl (C=O) groups excluding carboxylic acids is 2. The van der Waals surface area contributed by atoms with Crippen LogP contribution < -0.4 is 4.90 Å². The number of nitrogens with one attached hydrogen (secondary N) is 2. The maximum Gasteiger partial charge on any atom is 0.266 e. The molecule has 12 rings (SSSR count). The van der Waals surface area contributed by atoms with E-state index in [-0.39, 0.29) is 11.8 Å². The summed E-state index contributed by atoms with van der Waals surface area (Å²) in [5, 5.41) is 0. The Morgan fingerprint density at radius 2 is 0.649 bits per heavy atom. The second-order valence-corrected chi connectivity index (χ2v) is 23.2. The number of aromatic amines is 2. The number of H-pyrrole nitrogens is 2. The fourth-order valence-corrected chi connectivity index (χ4v) is 12.0. The number of rotatable bonds is 9. The standard InChI is InChI=1S/C68H57Br2N5O2/c1-36(2)40-14-22-44(23-15-40)57-53-30-32-55(71-53)59(46-26-18-42(19-27-46)38(5)6)65-61(69)62(70)66(74-65)60(47-28-20-43(21-29-47)39(7)8)56-33-31-54(72-56)58(45-24-16-41(17-25-45)37(3)4)64-50-35-52-51(34-49(50)63(57)73-64)67(76)75(68(52)77)48-12-10-9-11-13-48/h9-39,71-72H,1-8H3. The van der Waals surface area contributed by atoms with E-state index in [2.05, 4.69) is 219 Å². The van der Waals surface area contributed by atoms with Crippen molar-refractivity contribution in [2.45, 2.75) is 79.1 Å². The van der Waals surface area contributed by atoms with Crippen molar-refractivity contribution in [2.24, 2.45) is 0 Å². The van der Waals surface area contributed by atoms with Gasteiger partial charge in [-0.2, -0.15) is 0 Å². The molecule has 6 aromatic carbocycles. The van der Waals surface area contributed by atoms with Crippen LogP contribution in [0.5, 0.6) is 0 Å². The maximum atomic E-state index is 14.7. The number of anilines is 1. The van der Waals surface area contributed by atoms with Crippen molar-refractivity contribution in [3.63, 3.8) is 0 Å². The number of hydrogen-bond donors (Lipinski definition) is 2. The molecule has 8 bridgehead atoms. The number of benzene rings is 6. The Labute approximate surface area is 466 Å². The van der Waals surface area contributed by atoms with Crippen LogP contribution in [0.15, 0.2) is 164 Å². The van der Waals surface area contributed by atoms with Gasteiger partial charge < -0.3 is 9.97 Å². The van der Waals surface area contributed by atoms with Gasteiger partial charge in [0.25, 0.3) is 11.8 Å². The zero-order chi connectivity index (χ0) is 53.6. The molecule has 2 N–H and O–H groups in total. The van der Waals surface area contributed by atoms with Crippen LogP contribution in [0.4, 0.5) is 5.69 Å². The third kappa shape index (κ3) is 8.64.